The molecule has 1 saturated heterocycles. The van der Waals surface area contributed by atoms with Crippen molar-refractivity contribution in [1.82, 2.24) is 0 Å². The average molecular weight is 331 g/mol. The first-order valence-corrected chi connectivity index (χ1v) is 7.52. The number of hydrogen-bond donors (Lipinski definition) is 0. The Morgan fingerprint density at radius 3 is 2.27 bits per heavy atom. The van der Waals surface area contributed by atoms with Crippen LogP contribution in [0.25, 0.3) is 0 Å². The van der Waals surface area contributed by atoms with Crippen LogP contribution in [0.2, 0.25) is 5.02 Å². The highest BCUT2D eigenvalue weighted by Gasteiger charge is 2.52. The monoisotopic (exact) mass is 330 g/mol. The zero-order valence-electron chi connectivity index (χ0n) is 13.5. The van der Waals surface area contributed by atoms with Gasteiger partial charge < -0.3 is 18.8 Å². The second-order valence-electron chi connectivity index (χ2n) is 6.23. The van der Waals surface area contributed by atoms with E-state index in [1.807, 2.05) is 27.7 Å². The van der Waals surface area contributed by atoms with Gasteiger partial charge in [0.2, 0.25) is 0 Å². The minimum atomic E-state index is -0.799. The van der Waals surface area contributed by atoms with Crippen LogP contribution in [0.1, 0.15) is 27.7 Å². The first kappa shape index (κ1) is 17.5. The fourth-order valence-electron chi connectivity index (χ4n) is 2.04. The summed E-state index contributed by atoms with van der Waals surface area (Å²) in [7, 11) is 0.776. The third-order valence-corrected chi connectivity index (χ3v) is 4.40. The highest BCUT2D eigenvalue weighted by atomic mass is 35.5. The Balaban J connectivity index is 2.26. The third-order valence-electron chi connectivity index (χ3n) is 4.10. The maximum atomic E-state index is 14.2. The Kier molecular flexibility index (Phi) is 5.07. The highest BCUT2D eigenvalue weighted by Crippen LogP contribution is 2.37. The zero-order chi connectivity index (χ0) is 16.5. The third kappa shape index (κ3) is 3.40. The van der Waals surface area contributed by atoms with E-state index in [0.29, 0.717) is 19.0 Å². The lowest BCUT2D eigenvalue weighted by Gasteiger charge is -2.32. The molecule has 0 aromatic heterocycles. The summed E-state index contributed by atoms with van der Waals surface area (Å²) in [5.41, 5.74) is -0.808. The predicted molar refractivity (Wildman–Crippen MR) is 84.5 cm³/mol. The van der Waals surface area contributed by atoms with Crippen molar-refractivity contribution in [1.29, 1.82) is 0 Å². The Morgan fingerprint density at radius 1 is 1.14 bits per heavy atom. The largest absolute Gasteiger partial charge is 0.497 e. The molecule has 1 aromatic carbocycles. The van der Waals surface area contributed by atoms with E-state index < -0.39 is 24.1 Å². The molecule has 0 saturated carbocycles. The molecule has 0 atom stereocenters. The molecule has 1 heterocycles. The van der Waals surface area contributed by atoms with Crippen LogP contribution < -0.4 is 10.2 Å². The molecule has 1 fully saturated rings. The fraction of sp³-hybridized carbons (Fsp3) is 0.600. The molecule has 1 aromatic rings. The molecular weight excluding hydrogens is 309 g/mol. The number of benzene rings is 1. The van der Waals surface area contributed by atoms with Gasteiger partial charge >= 0.3 is 7.12 Å². The molecule has 0 unspecified atom stereocenters. The lowest BCUT2D eigenvalue weighted by atomic mass is 9.78. The minimum absolute atomic E-state index is 0.203. The van der Waals surface area contributed by atoms with Crippen molar-refractivity contribution in [2.75, 3.05) is 20.3 Å². The van der Waals surface area contributed by atoms with Crippen LogP contribution in [0, 0.1) is 5.82 Å². The Morgan fingerprint density at radius 2 is 1.73 bits per heavy atom. The van der Waals surface area contributed by atoms with E-state index in [2.05, 4.69) is 0 Å². The minimum Gasteiger partial charge on any atom is -0.490 e. The SMILES string of the molecule is COCCOc1cc(B2OC(C)(C)C(C)(C)O2)c(F)cc1Cl. The summed E-state index contributed by atoms with van der Waals surface area (Å²) in [4.78, 5) is 0. The van der Waals surface area contributed by atoms with E-state index in [-0.39, 0.29) is 10.5 Å². The van der Waals surface area contributed by atoms with E-state index in [9.17, 15) is 4.39 Å². The van der Waals surface area contributed by atoms with Gasteiger partial charge in [-0.05, 0) is 39.8 Å². The van der Waals surface area contributed by atoms with Gasteiger partial charge in [-0.25, -0.2) is 4.39 Å². The van der Waals surface area contributed by atoms with Crippen LogP contribution in [0.4, 0.5) is 4.39 Å². The zero-order valence-corrected chi connectivity index (χ0v) is 14.3. The lowest BCUT2D eigenvalue weighted by molar-refractivity contribution is 0.00578. The smallest absolute Gasteiger partial charge is 0.490 e. The summed E-state index contributed by atoms with van der Waals surface area (Å²) < 4.78 is 36.4. The molecule has 0 bridgehead atoms. The predicted octanol–water partition coefficient (Wildman–Crippen LogP) is 2.80. The molecule has 0 amide bonds. The first-order chi connectivity index (χ1) is 10.2. The molecule has 0 radical (unpaired) electrons. The van der Waals surface area contributed by atoms with Gasteiger partial charge in [-0.3, -0.25) is 0 Å². The van der Waals surface area contributed by atoms with Crippen LogP contribution in [-0.4, -0.2) is 38.6 Å². The summed E-state index contributed by atoms with van der Waals surface area (Å²) in [6, 6.07) is 2.74. The van der Waals surface area contributed by atoms with Crippen molar-refractivity contribution in [3.05, 3.63) is 23.0 Å². The quantitative estimate of drug-likeness (QED) is 0.614. The summed E-state index contributed by atoms with van der Waals surface area (Å²) in [5.74, 6) is -0.104. The molecule has 1 aliphatic heterocycles. The maximum Gasteiger partial charge on any atom is 0.497 e. The topological polar surface area (TPSA) is 36.9 Å². The Labute approximate surface area is 136 Å². The van der Waals surface area contributed by atoms with E-state index in [0.717, 1.165) is 0 Å². The van der Waals surface area contributed by atoms with Gasteiger partial charge in [0.15, 0.2) is 0 Å². The molecule has 0 N–H and O–H groups in total. The maximum absolute atomic E-state index is 14.2. The first-order valence-electron chi connectivity index (χ1n) is 7.14. The van der Waals surface area contributed by atoms with Gasteiger partial charge in [-0.15, -0.1) is 0 Å². The van der Waals surface area contributed by atoms with Crippen molar-refractivity contribution >= 4 is 24.2 Å². The van der Waals surface area contributed by atoms with Crippen molar-refractivity contribution in [3.8, 4) is 5.75 Å². The van der Waals surface area contributed by atoms with Crippen LogP contribution in [0.3, 0.4) is 0 Å². The van der Waals surface area contributed by atoms with E-state index in [1.54, 1.807) is 7.11 Å². The van der Waals surface area contributed by atoms with Crippen molar-refractivity contribution in [2.45, 2.75) is 38.9 Å². The van der Waals surface area contributed by atoms with Crippen LogP contribution in [0.15, 0.2) is 12.1 Å². The van der Waals surface area contributed by atoms with Gasteiger partial charge in [0, 0.05) is 12.6 Å². The standard InChI is InChI=1S/C15H21BClFO4/c1-14(2)15(3,4)22-16(21-14)10-8-13(20-7-6-19-5)11(17)9-12(10)18/h8-9H,6-7H2,1-5H3. The Bertz CT molecular complexity index is 535. The normalized spacial score (nSPS) is 19.5. The van der Waals surface area contributed by atoms with Gasteiger partial charge in [0.25, 0.3) is 0 Å². The van der Waals surface area contributed by atoms with Crippen molar-refractivity contribution < 1.29 is 23.2 Å². The molecule has 122 valence electrons. The van der Waals surface area contributed by atoms with E-state index >= 15 is 0 Å². The molecule has 7 heteroatoms. The molecule has 2 rings (SSSR count). The molecule has 22 heavy (non-hydrogen) atoms. The number of methoxy groups -OCH3 is 1. The Hall–Kier alpha value is -0.815. The van der Waals surface area contributed by atoms with Gasteiger partial charge in [-0.2, -0.15) is 0 Å². The van der Waals surface area contributed by atoms with Crippen molar-refractivity contribution in [2.24, 2.45) is 0 Å². The van der Waals surface area contributed by atoms with Crippen LogP contribution in [-0.2, 0) is 14.0 Å². The second kappa shape index (κ2) is 6.36. The number of ether oxygens (including phenoxy) is 2. The second-order valence-corrected chi connectivity index (χ2v) is 6.64. The molecule has 0 aliphatic carbocycles. The fourth-order valence-corrected chi connectivity index (χ4v) is 2.25. The number of halogens is 2. The highest BCUT2D eigenvalue weighted by molar-refractivity contribution is 6.62. The summed E-state index contributed by atoms with van der Waals surface area (Å²) in [5, 5.41) is 0.203. The molecule has 1 aliphatic rings. The average Bonchev–Trinajstić information content (AvgIpc) is 2.61. The van der Waals surface area contributed by atoms with Gasteiger partial charge in [0.05, 0.1) is 22.8 Å². The lowest BCUT2D eigenvalue weighted by Crippen LogP contribution is -2.41. The molecule has 0 spiro atoms. The van der Waals surface area contributed by atoms with E-state index in [1.165, 1.54) is 12.1 Å². The van der Waals surface area contributed by atoms with Gasteiger partial charge in [-0.1, -0.05) is 11.6 Å². The van der Waals surface area contributed by atoms with Crippen LogP contribution in [0.5, 0.6) is 5.75 Å². The van der Waals surface area contributed by atoms with Gasteiger partial charge in [0.1, 0.15) is 18.2 Å². The molecule has 4 nitrogen and oxygen atoms in total. The number of hydrogen-bond acceptors (Lipinski definition) is 4. The summed E-state index contributed by atoms with van der Waals surface area (Å²) in [6.07, 6.45) is 0. The summed E-state index contributed by atoms with van der Waals surface area (Å²) >= 11 is 6.01. The van der Waals surface area contributed by atoms with Crippen molar-refractivity contribution in [3.63, 3.8) is 0 Å². The van der Waals surface area contributed by atoms with E-state index in [4.69, 9.17) is 30.4 Å². The number of rotatable bonds is 5. The summed E-state index contributed by atoms with van der Waals surface area (Å²) in [6.45, 7) is 8.39. The molecular formula is C15H21BClFO4. The van der Waals surface area contributed by atoms with Crippen LogP contribution >= 0.6 is 11.6 Å².